The van der Waals surface area contributed by atoms with Gasteiger partial charge < -0.3 is 0 Å². The molecule has 0 atom stereocenters. The Morgan fingerprint density at radius 3 is 2.56 bits per heavy atom. The molecule has 1 aromatic heterocycles. The molecule has 0 N–H and O–H groups in total. The number of hydrogen-bond acceptors (Lipinski definition) is 2. The van der Waals surface area contributed by atoms with Gasteiger partial charge in [0.05, 0.1) is 12.4 Å². The van der Waals surface area contributed by atoms with E-state index in [4.69, 9.17) is 0 Å². The minimum atomic E-state index is 0.378. The van der Waals surface area contributed by atoms with Crippen molar-refractivity contribution in [3.63, 3.8) is 0 Å². The second-order valence-corrected chi connectivity index (χ2v) is 5.47. The van der Waals surface area contributed by atoms with Crippen LogP contribution in [0.15, 0.2) is 30.6 Å². The molecule has 2 heteroatoms. The number of benzene rings is 1. The Balaban J connectivity index is 2.30. The molecule has 1 aromatic carbocycles. The van der Waals surface area contributed by atoms with Crippen molar-refractivity contribution < 1.29 is 0 Å². The summed E-state index contributed by atoms with van der Waals surface area (Å²) in [5.41, 5.74) is 1.75. The van der Waals surface area contributed by atoms with Gasteiger partial charge in [-0.15, -0.1) is 0 Å². The number of nitrogens with zero attached hydrogens (tertiary/aromatic N) is 2. The maximum absolute atomic E-state index is 3.97. The molecule has 2 rings (SSSR count). The summed E-state index contributed by atoms with van der Waals surface area (Å²) in [5.74, 6) is 0. The minimum Gasteiger partial charge on any atom is -0.158 e. The van der Waals surface area contributed by atoms with Crippen molar-refractivity contribution in [1.29, 1.82) is 0 Å². The largest absolute Gasteiger partial charge is 0.158 e. The fraction of sp³-hybridized carbons (Fsp3) is 0.429. The third-order valence-corrected chi connectivity index (χ3v) is 2.82. The van der Waals surface area contributed by atoms with Crippen LogP contribution in [0.3, 0.4) is 0 Å². The molecule has 0 spiro atoms. The Hall–Kier alpha value is -1.44. The van der Waals surface area contributed by atoms with Crippen LogP contribution in [0.2, 0.25) is 0 Å². The van der Waals surface area contributed by atoms with Crippen LogP contribution in [-0.4, -0.2) is 10.2 Å². The summed E-state index contributed by atoms with van der Waals surface area (Å²) in [4.78, 5) is 0. The third-order valence-electron chi connectivity index (χ3n) is 2.82. The molecule has 0 unspecified atom stereocenters. The fourth-order valence-corrected chi connectivity index (χ4v) is 1.82. The van der Waals surface area contributed by atoms with Gasteiger partial charge in [0.15, 0.2) is 0 Å². The summed E-state index contributed by atoms with van der Waals surface area (Å²) in [6.07, 6.45) is 5.99. The van der Waals surface area contributed by atoms with E-state index in [9.17, 15) is 0 Å². The average Bonchev–Trinajstić information content (AvgIpc) is 2.25. The highest BCUT2D eigenvalue weighted by molar-refractivity contribution is 5.83. The zero-order chi connectivity index (χ0) is 11.6. The van der Waals surface area contributed by atoms with Crippen molar-refractivity contribution in [3.8, 4) is 0 Å². The highest BCUT2D eigenvalue weighted by Crippen LogP contribution is 2.24. The summed E-state index contributed by atoms with van der Waals surface area (Å²) < 4.78 is 0. The molecule has 1 heterocycles. The van der Waals surface area contributed by atoms with Crippen LogP contribution in [0.25, 0.3) is 10.8 Å². The predicted octanol–water partition coefficient (Wildman–Crippen LogP) is 3.61. The minimum absolute atomic E-state index is 0.378. The van der Waals surface area contributed by atoms with Crippen molar-refractivity contribution in [2.24, 2.45) is 5.41 Å². The van der Waals surface area contributed by atoms with Gasteiger partial charge >= 0.3 is 0 Å². The van der Waals surface area contributed by atoms with Crippen molar-refractivity contribution in [2.45, 2.75) is 33.6 Å². The van der Waals surface area contributed by atoms with Gasteiger partial charge in [0.25, 0.3) is 0 Å². The van der Waals surface area contributed by atoms with Crippen molar-refractivity contribution in [3.05, 3.63) is 36.2 Å². The third kappa shape index (κ3) is 2.57. The number of hydrogen-bond donors (Lipinski definition) is 0. The molecule has 84 valence electrons. The van der Waals surface area contributed by atoms with Gasteiger partial charge in [-0.05, 0) is 23.8 Å². The van der Waals surface area contributed by atoms with Crippen LogP contribution < -0.4 is 0 Å². The maximum Gasteiger partial charge on any atom is 0.0577 e. The van der Waals surface area contributed by atoms with Crippen molar-refractivity contribution in [1.82, 2.24) is 10.2 Å². The topological polar surface area (TPSA) is 25.8 Å². The van der Waals surface area contributed by atoms with E-state index < -0.39 is 0 Å². The van der Waals surface area contributed by atoms with Gasteiger partial charge in [-0.25, -0.2) is 0 Å². The van der Waals surface area contributed by atoms with Crippen LogP contribution in [0.1, 0.15) is 32.8 Å². The molecule has 0 radical (unpaired) electrons. The summed E-state index contributed by atoms with van der Waals surface area (Å²) in [6.45, 7) is 6.83. The van der Waals surface area contributed by atoms with Crippen LogP contribution in [0.4, 0.5) is 0 Å². The monoisotopic (exact) mass is 214 g/mol. The first-order valence-electron chi connectivity index (χ1n) is 5.74. The first-order chi connectivity index (χ1) is 7.56. The molecule has 0 aliphatic carbocycles. The second kappa shape index (κ2) is 4.20. The van der Waals surface area contributed by atoms with Crippen LogP contribution in [0.5, 0.6) is 0 Å². The van der Waals surface area contributed by atoms with Gasteiger partial charge in [0.2, 0.25) is 0 Å². The smallest absolute Gasteiger partial charge is 0.0577 e. The maximum atomic E-state index is 3.97. The van der Waals surface area contributed by atoms with Gasteiger partial charge in [-0.3, -0.25) is 0 Å². The Morgan fingerprint density at radius 1 is 1.06 bits per heavy atom. The van der Waals surface area contributed by atoms with Gasteiger partial charge in [-0.1, -0.05) is 39.0 Å². The van der Waals surface area contributed by atoms with Gasteiger partial charge in [0.1, 0.15) is 0 Å². The average molecular weight is 214 g/mol. The van der Waals surface area contributed by atoms with E-state index >= 15 is 0 Å². The first kappa shape index (κ1) is 11.1. The molecule has 0 saturated heterocycles. The lowest BCUT2D eigenvalue weighted by Gasteiger charge is -2.18. The molecule has 0 saturated carbocycles. The zero-order valence-corrected chi connectivity index (χ0v) is 10.2. The number of rotatable bonds is 2. The zero-order valence-electron chi connectivity index (χ0n) is 10.2. The lowest BCUT2D eigenvalue weighted by atomic mass is 9.88. The van der Waals surface area contributed by atoms with Crippen molar-refractivity contribution >= 4 is 10.8 Å². The Kier molecular flexibility index (Phi) is 2.90. The van der Waals surface area contributed by atoms with E-state index in [2.05, 4.69) is 49.2 Å². The molecule has 0 aliphatic heterocycles. The fourth-order valence-electron chi connectivity index (χ4n) is 1.82. The molecule has 0 bridgehead atoms. The molecule has 16 heavy (non-hydrogen) atoms. The summed E-state index contributed by atoms with van der Waals surface area (Å²) in [5, 5.41) is 10.3. The summed E-state index contributed by atoms with van der Waals surface area (Å²) in [7, 11) is 0. The highest BCUT2D eigenvalue weighted by Gasteiger charge is 2.11. The normalized spacial score (nSPS) is 11.9. The van der Waals surface area contributed by atoms with E-state index in [1.54, 1.807) is 0 Å². The Labute approximate surface area is 96.7 Å². The molecular formula is C14H18N2. The SMILES string of the molecule is CC(C)(C)CCc1cccc2cnncc12. The number of aryl methyl sites for hydroxylation is 1. The van der Waals surface area contributed by atoms with E-state index in [1.807, 2.05) is 12.4 Å². The molecule has 2 nitrogen and oxygen atoms in total. The highest BCUT2D eigenvalue weighted by atomic mass is 15.1. The molecule has 0 amide bonds. The predicted molar refractivity (Wildman–Crippen MR) is 67.3 cm³/mol. The van der Waals surface area contributed by atoms with E-state index in [0.717, 1.165) is 6.42 Å². The van der Waals surface area contributed by atoms with Crippen LogP contribution in [-0.2, 0) is 6.42 Å². The first-order valence-corrected chi connectivity index (χ1v) is 5.74. The quantitative estimate of drug-likeness (QED) is 0.763. The van der Waals surface area contributed by atoms with Gasteiger partial charge in [-0.2, -0.15) is 10.2 Å². The Morgan fingerprint density at radius 2 is 1.81 bits per heavy atom. The van der Waals surface area contributed by atoms with Crippen LogP contribution in [0, 0.1) is 5.41 Å². The Bertz CT molecular complexity index is 478. The standard InChI is InChI=1S/C14H18N2/c1-14(2,3)8-7-11-5-4-6-12-9-15-16-10-13(11)12/h4-6,9-10H,7-8H2,1-3H3. The van der Waals surface area contributed by atoms with Crippen LogP contribution >= 0.6 is 0 Å². The lowest BCUT2D eigenvalue weighted by Crippen LogP contribution is -2.06. The second-order valence-electron chi connectivity index (χ2n) is 5.47. The number of aromatic nitrogens is 2. The van der Waals surface area contributed by atoms with Gasteiger partial charge in [0, 0.05) is 10.8 Å². The molecule has 0 aliphatic rings. The molecule has 2 aromatic rings. The van der Waals surface area contributed by atoms with E-state index in [1.165, 1.54) is 22.8 Å². The lowest BCUT2D eigenvalue weighted by molar-refractivity contribution is 0.378. The summed E-state index contributed by atoms with van der Waals surface area (Å²) in [6, 6.07) is 6.38. The van der Waals surface area contributed by atoms with E-state index in [-0.39, 0.29) is 0 Å². The summed E-state index contributed by atoms with van der Waals surface area (Å²) >= 11 is 0. The molecular weight excluding hydrogens is 196 g/mol. The van der Waals surface area contributed by atoms with Crippen molar-refractivity contribution in [2.75, 3.05) is 0 Å². The number of fused-ring (bicyclic) bond motifs is 1. The van der Waals surface area contributed by atoms with E-state index in [0.29, 0.717) is 5.41 Å². The molecule has 0 fully saturated rings.